The summed E-state index contributed by atoms with van der Waals surface area (Å²) < 4.78 is 2.24. The standard InChI is InChI=1S/C40H28N2/c1-27-41-37-25-24-31(26-38(37)42(27)32-14-6-3-7-15-32)28-20-22-30(23-21-28)40-35-18-10-8-16-33(35)39(29-12-4-2-5-13-29)34-17-9-11-19-36(34)40/h2-26H,1H3. The van der Waals surface area contributed by atoms with Gasteiger partial charge < -0.3 is 0 Å². The molecule has 0 N–H and O–H groups in total. The summed E-state index contributed by atoms with van der Waals surface area (Å²) in [4.78, 5) is 4.83. The predicted octanol–water partition coefficient (Wildman–Crippen LogP) is 10.6. The highest BCUT2D eigenvalue weighted by atomic mass is 15.1. The van der Waals surface area contributed by atoms with E-state index in [9.17, 15) is 0 Å². The Morgan fingerprint density at radius 2 is 0.881 bits per heavy atom. The van der Waals surface area contributed by atoms with Crippen LogP contribution >= 0.6 is 0 Å². The van der Waals surface area contributed by atoms with Crippen LogP contribution in [-0.2, 0) is 0 Å². The smallest absolute Gasteiger partial charge is 0.111 e. The highest BCUT2D eigenvalue weighted by molar-refractivity contribution is 6.21. The molecular weight excluding hydrogens is 508 g/mol. The molecule has 0 unspecified atom stereocenters. The number of benzene rings is 7. The number of para-hydroxylation sites is 1. The third kappa shape index (κ3) is 3.92. The highest BCUT2D eigenvalue weighted by Crippen LogP contribution is 2.43. The second-order valence-corrected chi connectivity index (χ2v) is 10.8. The van der Waals surface area contributed by atoms with Gasteiger partial charge in [0.25, 0.3) is 0 Å². The molecule has 42 heavy (non-hydrogen) atoms. The van der Waals surface area contributed by atoms with E-state index >= 15 is 0 Å². The summed E-state index contributed by atoms with van der Waals surface area (Å²) >= 11 is 0. The Morgan fingerprint density at radius 3 is 1.45 bits per heavy atom. The molecule has 0 radical (unpaired) electrons. The first-order valence-electron chi connectivity index (χ1n) is 14.4. The van der Waals surface area contributed by atoms with Crippen LogP contribution in [-0.4, -0.2) is 9.55 Å². The summed E-state index contributed by atoms with van der Waals surface area (Å²) in [5.74, 6) is 0.987. The van der Waals surface area contributed by atoms with Crippen LogP contribution in [0.2, 0.25) is 0 Å². The Bertz CT molecular complexity index is 2170. The van der Waals surface area contributed by atoms with Gasteiger partial charge in [-0.15, -0.1) is 0 Å². The molecule has 198 valence electrons. The predicted molar refractivity (Wildman–Crippen MR) is 177 cm³/mol. The van der Waals surface area contributed by atoms with Gasteiger partial charge >= 0.3 is 0 Å². The van der Waals surface area contributed by atoms with Gasteiger partial charge in [-0.1, -0.05) is 127 Å². The summed E-state index contributed by atoms with van der Waals surface area (Å²) in [6, 6.07) is 54.5. The van der Waals surface area contributed by atoms with Gasteiger partial charge in [-0.25, -0.2) is 4.98 Å². The average Bonchev–Trinajstić information content (AvgIpc) is 3.39. The molecule has 0 aliphatic rings. The van der Waals surface area contributed by atoms with E-state index in [0.29, 0.717) is 0 Å². The van der Waals surface area contributed by atoms with Crippen molar-refractivity contribution in [2.75, 3.05) is 0 Å². The van der Waals surface area contributed by atoms with Gasteiger partial charge in [-0.05, 0) is 86.1 Å². The summed E-state index contributed by atoms with van der Waals surface area (Å²) in [5, 5.41) is 5.09. The van der Waals surface area contributed by atoms with E-state index in [4.69, 9.17) is 4.98 Å². The van der Waals surface area contributed by atoms with Crippen LogP contribution in [0, 0.1) is 6.92 Å². The highest BCUT2D eigenvalue weighted by Gasteiger charge is 2.16. The molecule has 0 atom stereocenters. The lowest BCUT2D eigenvalue weighted by Crippen LogP contribution is -1.96. The Hall–Kier alpha value is -5.47. The molecule has 0 spiro atoms. The molecular formula is C40H28N2. The van der Waals surface area contributed by atoms with Crippen molar-refractivity contribution in [2.24, 2.45) is 0 Å². The number of fused-ring (bicyclic) bond motifs is 3. The van der Waals surface area contributed by atoms with Crippen molar-refractivity contribution in [1.29, 1.82) is 0 Å². The maximum absolute atomic E-state index is 4.83. The van der Waals surface area contributed by atoms with Crippen molar-refractivity contribution in [2.45, 2.75) is 6.92 Å². The van der Waals surface area contributed by atoms with Crippen LogP contribution in [0.5, 0.6) is 0 Å². The van der Waals surface area contributed by atoms with Gasteiger partial charge in [-0.3, -0.25) is 4.57 Å². The van der Waals surface area contributed by atoms with Crippen LogP contribution in [0.3, 0.4) is 0 Å². The van der Waals surface area contributed by atoms with Crippen LogP contribution in [0.15, 0.2) is 152 Å². The van der Waals surface area contributed by atoms with E-state index in [1.54, 1.807) is 0 Å². The molecule has 0 bridgehead atoms. The van der Waals surface area contributed by atoms with Crippen LogP contribution < -0.4 is 0 Å². The molecule has 0 aliphatic heterocycles. The van der Waals surface area contributed by atoms with E-state index in [2.05, 4.69) is 157 Å². The molecule has 1 heterocycles. The molecule has 2 nitrogen and oxygen atoms in total. The van der Waals surface area contributed by atoms with Crippen LogP contribution in [0.25, 0.3) is 71.6 Å². The molecule has 7 aromatic carbocycles. The maximum atomic E-state index is 4.83. The first kappa shape index (κ1) is 24.3. The molecule has 8 aromatic rings. The lowest BCUT2D eigenvalue weighted by molar-refractivity contribution is 1.00. The van der Waals surface area contributed by atoms with Gasteiger partial charge in [0, 0.05) is 5.69 Å². The molecule has 0 amide bonds. The fourth-order valence-corrected chi connectivity index (χ4v) is 6.46. The van der Waals surface area contributed by atoms with Crippen molar-refractivity contribution in [3.63, 3.8) is 0 Å². The third-order valence-electron chi connectivity index (χ3n) is 8.34. The normalized spacial score (nSPS) is 11.5. The largest absolute Gasteiger partial charge is 0.297 e. The van der Waals surface area contributed by atoms with Gasteiger partial charge in [0.2, 0.25) is 0 Å². The van der Waals surface area contributed by atoms with Crippen LogP contribution in [0.4, 0.5) is 0 Å². The van der Waals surface area contributed by atoms with Gasteiger partial charge in [0.1, 0.15) is 5.82 Å². The maximum Gasteiger partial charge on any atom is 0.111 e. The zero-order valence-corrected chi connectivity index (χ0v) is 23.3. The Balaban J connectivity index is 1.28. The lowest BCUT2D eigenvalue weighted by Gasteiger charge is -2.18. The number of imidazole rings is 1. The first-order chi connectivity index (χ1) is 20.8. The van der Waals surface area contributed by atoms with Gasteiger partial charge in [0.05, 0.1) is 11.0 Å². The Labute approximate surface area is 245 Å². The van der Waals surface area contributed by atoms with E-state index in [1.807, 2.05) is 6.07 Å². The van der Waals surface area contributed by atoms with Gasteiger partial charge in [0.15, 0.2) is 0 Å². The molecule has 8 rings (SSSR count). The zero-order chi connectivity index (χ0) is 28.0. The quantitative estimate of drug-likeness (QED) is 0.205. The minimum Gasteiger partial charge on any atom is -0.297 e. The fraction of sp³-hybridized carbons (Fsp3) is 0.0250. The SMILES string of the molecule is Cc1nc2ccc(-c3ccc(-c4c5ccccc5c(-c5ccccc5)c5ccccc45)cc3)cc2n1-c1ccccc1. The molecule has 2 heteroatoms. The van der Waals surface area contributed by atoms with E-state index in [1.165, 1.54) is 54.9 Å². The number of nitrogens with zero attached hydrogens (tertiary/aromatic N) is 2. The van der Waals surface area contributed by atoms with Crippen molar-refractivity contribution in [3.05, 3.63) is 157 Å². The van der Waals surface area contributed by atoms with Crippen molar-refractivity contribution >= 4 is 32.6 Å². The average molecular weight is 537 g/mol. The molecule has 0 saturated heterocycles. The van der Waals surface area contributed by atoms with Crippen molar-refractivity contribution in [1.82, 2.24) is 9.55 Å². The minimum absolute atomic E-state index is 0.987. The number of aryl methyl sites for hydroxylation is 1. The second-order valence-electron chi connectivity index (χ2n) is 10.8. The summed E-state index contributed by atoms with van der Waals surface area (Å²) in [5.41, 5.74) is 10.7. The first-order valence-corrected chi connectivity index (χ1v) is 14.4. The van der Waals surface area contributed by atoms with E-state index in [-0.39, 0.29) is 0 Å². The summed E-state index contributed by atoms with van der Waals surface area (Å²) in [6.45, 7) is 2.07. The van der Waals surface area contributed by atoms with Crippen LogP contribution in [0.1, 0.15) is 5.82 Å². The molecule has 0 saturated carbocycles. The molecule has 0 aliphatic carbocycles. The topological polar surface area (TPSA) is 17.8 Å². The third-order valence-corrected chi connectivity index (χ3v) is 8.34. The number of aromatic nitrogens is 2. The Kier molecular flexibility index (Phi) is 5.72. The molecule has 1 aromatic heterocycles. The number of hydrogen-bond donors (Lipinski definition) is 0. The number of rotatable bonds is 4. The lowest BCUT2D eigenvalue weighted by atomic mass is 9.86. The van der Waals surface area contributed by atoms with Crippen molar-refractivity contribution in [3.8, 4) is 39.1 Å². The fourth-order valence-electron chi connectivity index (χ4n) is 6.46. The monoisotopic (exact) mass is 536 g/mol. The summed E-state index contributed by atoms with van der Waals surface area (Å²) in [7, 11) is 0. The van der Waals surface area contributed by atoms with Crippen molar-refractivity contribution < 1.29 is 0 Å². The van der Waals surface area contributed by atoms with Gasteiger partial charge in [-0.2, -0.15) is 0 Å². The minimum atomic E-state index is 0.987. The molecule has 0 fully saturated rings. The summed E-state index contributed by atoms with van der Waals surface area (Å²) in [6.07, 6.45) is 0. The zero-order valence-electron chi connectivity index (χ0n) is 23.3. The van der Waals surface area contributed by atoms with E-state index in [0.717, 1.165) is 22.5 Å². The number of hydrogen-bond acceptors (Lipinski definition) is 1. The van der Waals surface area contributed by atoms with E-state index < -0.39 is 0 Å². The Morgan fingerprint density at radius 1 is 0.429 bits per heavy atom. The second kappa shape index (κ2) is 9.87.